The lowest BCUT2D eigenvalue weighted by molar-refractivity contribution is -0.127. The maximum atomic E-state index is 12.9. The van der Waals surface area contributed by atoms with Gasteiger partial charge in [-0.2, -0.15) is 4.31 Å². The molecule has 156 valence electrons. The van der Waals surface area contributed by atoms with Crippen molar-refractivity contribution >= 4 is 33.2 Å². The highest BCUT2D eigenvalue weighted by Gasteiger charge is 2.26. The van der Waals surface area contributed by atoms with Gasteiger partial charge in [0, 0.05) is 23.8 Å². The van der Waals surface area contributed by atoms with Crippen molar-refractivity contribution in [1.82, 2.24) is 4.31 Å². The Balaban J connectivity index is 1.66. The number of anilines is 1. The van der Waals surface area contributed by atoms with E-state index in [1.165, 1.54) is 16.4 Å². The fourth-order valence-corrected chi connectivity index (χ4v) is 4.87. The van der Waals surface area contributed by atoms with E-state index in [0.29, 0.717) is 29.4 Å². The van der Waals surface area contributed by atoms with Gasteiger partial charge in [-0.15, -0.1) is 0 Å². The average molecular weight is 437 g/mol. The number of amides is 1. The van der Waals surface area contributed by atoms with Gasteiger partial charge in [-0.3, -0.25) is 4.79 Å². The van der Waals surface area contributed by atoms with Gasteiger partial charge in [-0.1, -0.05) is 36.2 Å². The number of carbonyl (C=O) groups is 1. The monoisotopic (exact) mass is 436 g/mol. The molecule has 2 aromatic carbocycles. The minimum Gasteiger partial charge on any atom is -0.364 e. The van der Waals surface area contributed by atoms with Crippen molar-refractivity contribution in [2.75, 3.05) is 18.4 Å². The molecule has 1 N–H and O–H groups in total. The molecule has 1 fully saturated rings. The molecule has 1 unspecified atom stereocenters. The van der Waals surface area contributed by atoms with E-state index >= 15 is 0 Å². The van der Waals surface area contributed by atoms with Crippen LogP contribution in [-0.2, 0) is 26.2 Å². The van der Waals surface area contributed by atoms with Crippen LogP contribution in [0.25, 0.3) is 0 Å². The van der Waals surface area contributed by atoms with Crippen molar-refractivity contribution in [1.29, 1.82) is 0 Å². The lowest BCUT2D eigenvalue weighted by atomic mass is 10.2. The van der Waals surface area contributed by atoms with E-state index in [0.717, 1.165) is 19.3 Å². The maximum absolute atomic E-state index is 12.9. The standard InChI is InChI=1S/C21H25ClN2O4S/c1-16(21(25)23-18-8-4-2-5-9-18)28-15-17-14-19(10-11-20(17)22)29(26,27)24-12-6-3-7-13-24/h2,4-5,8-11,14,16H,3,6-7,12-13,15H2,1H3,(H,23,25). The molecule has 0 saturated carbocycles. The summed E-state index contributed by atoms with van der Waals surface area (Å²) in [6.07, 6.45) is 2.07. The summed E-state index contributed by atoms with van der Waals surface area (Å²) in [7, 11) is -3.56. The van der Waals surface area contributed by atoms with Crippen LogP contribution < -0.4 is 5.32 Å². The normalized spacial score (nSPS) is 16.3. The van der Waals surface area contributed by atoms with Crippen LogP contribution in [0.3, 0.4) is 0 Å². The van der Waals surface area contributed by atoms with E-state index in [1.54, 1.807) is 25.1 Å². The predicted octanol–water partition coefficient (Wildman–Crippen LogP) is 4.06. The Morgan fingerprint density at radius 1 is 1.14 bits per heavy atom. The van der Waals surface area contributed by atoms with E-state index in [1.807, 2.05) is 18.2 Å². The predicted molar refractivity (Wildman–Crippen MR) is 113 cm³/mol. The van der Waals surface area contributed by atoms with Crippen molar-refractivity contribution in [3.63, 3.8) is 0 Å². The number of benzene rings is 2. The summed E-state index contributed by atoms with van der Waals surface area (Å²) in [5, 5.41) is 3.17. The minimum absolute atomic E-state index is 0.0333. The molecule has 8 heteroatoms. The largest absolute Gasteiger partial charge is 0.364 e. The number of carbonyl (C=O) groups excluding carboxylic acids is 1. The Labute approximate surface area is 176 Å². The quantitative estimate of drug-likeness (QED) is 0.710. The van der Waals surface area contributed by atoms with Gasteiger partial charge in [0.1, 0.15) is 6.10 Å². The number of para-hydroxylation sites is 1. The fraction of sp³-hybridized carbons (Fsp3) is 0.381. The van der Waals surface area contributed by atoms with Crippen LogP contribution in [0.5, 0.6) is 0 Å². The molecule has 1 atom stereocenters. The van der Waals surface area contributed by atoms with Gasteiger partial charge in [-0.25, -0.2) is 8.42 Å². The number of ether oxygens (including phenoxy) is 1. The molecule has 1 amide bonds. The SMILES string of the molecule is CC(OCc1cc(S(=O)(=O)N2CCCCC2)ccc1Cl)C(=O)Nc1ccccc1. The highest BCUT2D eigenvalue weighted by molar-refractivity contribution is 7.89. The first-order chi connectivity index (χ1) is 13.9. The van der Waals surface area contributed by atoms with E-state index < -0.39 is 16.1 Å². The Morgan fingerprint density at radius 3 is 2.52 bits per heavy atom. The van der Waals surface area contributed by atoms with E-state index in [9.17, 15) is 13.2 Å². The molecule has 1 aliphatic rings. The van der Waals surface area contributed by atoms with Crippen LogP contribution in [0.4, 0.5) is 5.69 Å². The number of nitrogens with zero attached hydrogens (tertiary/aromatic N) is 1. The number of rotatable bonds is 7. The third-order valence-corrected chi connectivity index (χ3v) is 7.13. The van der Waals surface area contributed by atoms with Gasteiger partial charge in [-0.05, 0) is 55.7 Å². The molecule has 29 heavy (non-hydrogen) atoms. The molecule has 0 bridgehead atoms. The van der Waals surface area contributed by atoms with Crippen LogP contribution in [0.2, 0.25) is 5.02 Å². The molecule has 0 aromatic heterocycles. The maximum Gasteiger partial charge on any atom is 0.253 e. The molecule has 1 heterocycles. The van der Waals surface area contributed by atoms with Gasteiger partial charge in [0.2, 0.25) is 10.0 Å². The zero-order valence-electron chi connectivity index (χ0n) is 16.3. The molecule has 1 saturated heterocycles. The van der Waals surface area contributed by atoms with Crippen LogP contribution in [0.1, 0.15) is 31.7 Å². The molecule has 0 spiro atoms. The first-order valence-electron chi connectivity index (χ1n) is 9.64. The second-order valence-corrected chi connectivity index (χ2v) is 9.37. The minimum atomic E-state index is -3.56. The number of hydrogen-bond donors (Lipinski definition) is 1. The van der Waals surface area contributed by atoms with Crippen molar-refractivity contribution in [3.05, 3.63) is 59.1 Å². The zero-order valence-corrected chi connectivity index (χ0v) is 17.9. The summed E-state index contributed by atoms with van der Waals surface area (Å²) in [5.41, 5.74) is 1.21. The number of piperidine rings is 1. The van der Waals surface area contributed by atoms with E-state index in [-0.39, 0.29) is 17.4 Å². The molecular weight excluding hydrogens is 412 g/mol. The lowest BCUT2D eigenvalue weighted by Gasteiger charge is -2.26. The van der Waals surface area contributed by atoms with Crippen molar-refractivity contribution in [2.45, 2.75) is 43.8 Å². The number of nitrogens with one attached hydrogen (secondary N) is 1. The number of halogens is 1. The highest BCUT2D eigenvalue weighted by Crippen LogP contribution is 2.26. The first kappa shape index (κ1) is 21.8. The Hall–Kier alpha value is -1.93. The molecule has 1 aliphatic heterocycles. The summed E-state index contributed by atoms with van der Waals surface area (Å²) in [6, 6.07) is 13.7. The highest BCUT2D eigenvalue weighted by atomic mass is 35.5. The van der Waals surface area contributed by atoms with Crippen LogP contribution in [0.15, 0.2) is 53.4 Å². The van der Waals surface area contributed by atoms with Crippen LogP contribution in [0, 0.1) is 0 Å². The summed E-state index contributed by atoms with van der Waals surface area (Å²) >= 11 is 6.24. The second-order valence-electron chi connectivity index (χ2n) is 7.03. The third kappa shape index (κ3) is 5.57. The van der Waals surface area contributed by atoms with Gasteiger partial charge in [0.25, 0.3) is 5.91 Å². The van der Waals surface area contributed by atoms with Crippen molar-refractivity contribution in [3.8, 4) is 0 Å². The first-order valence-corrected chi connectivity index (χ1v) is 11.5. The van der Waals surface area contributed by atoms with Crippen LogP contribution in [-0.4, -0.2) is 37.8 Å². The number of sulfonamides is 1. The summed E-state index contributed by atoms with van der Waals surface area (Å²) in [4.78, 5) is 12.5. The summed E-state index contributed by atoms with van der Waals surface area (Å²) < 4.78 is 32.9. The second kappa shape index (κ2) is 9.71. The lowest BCUT2D eigenvalue weighted by Crippen LogP contribution is -2.35. The van der Waals surface area contributed by atoms with Gasteiger partial charge in [0.05, 0.1) is 11.5 Å². The topological polar surface area (TPSA) is 75.7 Å². The number of hydrogen-bond acceptors (Lipinski definition) is 4. The molecular formula is C21H25ClN2O4S. The molecule has 0 aliphatic carbocycles. The Kier molecular flexibility index (Phi) is 7.29. The fourth-order valence-electron chi connectivity index (χ4n) is 3.13. The van der Waals surface area contributed by atoms with E-state index in [4.69, 9.17) is 16.3 Å². The van der Waals surface area contributed by atoms with Crippen molar-refractivity contribution < 1.29 is 17.9 Å². The van der Waals surface area contributed by atoms with Crippen molar-refractivity contribution in [2.24, 2.45) is 0 Å². The van der Waals surface area contributed by atoms with Crippen LogP contribution >= 0.6 is 11.6 Å². The smallest absolute Gasteiger partial charge is 0.253 e. The molecule has 3 rings (SSSR count). The summed E-state index contributed by atoms with van der Waals surface area (Å²) in [5.74, 6) is -0.288. The van der Waals surface area contributed by atoms with E-state index in [2.05, 4.69) is 5.32 Å². The Bertz CT molecular complexity index is 944. The zero-order chi connectivity index (χ0) is 20.9. The molecule has 2 aromatic rings. The average Bonchev–Trinajstić information content (AvgIpc) is 2.74. The molecule has 0 radical (unpaired) electrons. The Morgan fingerprint density at radius 2 is 1.83 bits per heavy atom. The van der Waals surface area contributed by atoms with Gasteiger partial charge < -0.3 is 10.1 Å². The summed E-state index contributed by atoms with van der Waals surface area (Å²) in [6.45, 7) is 2.74. The molecule has 6 nitrogen and oxygen atoms in total. The van der Waals surface area contributed by atoms with Gasteiger partial charge >= 0.3 is 0 Å². The van der Waals surface area contributed by atoms with Gasteiger partial charge in [0.15, 0.2) is 0 Å². The third-order valence-electron chi connectivity index (χ3n) is 4.87.